The van der Waals surface area contributed by atoms with Crippen molar-refractivity contribution in [3.8, 4) is 0 Å². The lowest BCUT2D eigenvalue weighted by molar-refractivity contribution is -0.145. The van der Waals surface area contributed by atoms with Crippen molar-refractivity contribution < 1.29 is 9.53 Å². The largest absolute Gasteiger partial charge is 0.460 e. The van der Waals surface area contributed by atoms with Crippen molar-refractivity contribution >= 4 is 18.4 Å². The molecule has 0 spiro atoms. The van der Waals surface area contributed by atoms with E-state index in [2.05, 4.69) is 13.8 Å². The molecule has 2 fully saturated rings. The van der Waals surface area contributed by atoms with Gasteiger partial charge in [-0.25, -0.2) is 0 Å². The lowest BCUT2D eigenvalue weighted by atomic mass is 9.83. The summed E-state index contributed by atoms with van der Waals surface area (Å²) >= 11 is 0. The third-order valence-corrected chi connectivity index (χ3v) is 4.68. The van der Waals surface area contributed by atoms with E-state index in [0.717, 1.165) is 25.2 Å². The first-order valence-corrected chi connectivity index (χ1v) is 8.02. The quantitative estimate of drug-likeness (QED) is 0.788. The number of carbonyl (C=O) groups excluding carboxylic acids is 1. The molecular weight excluding hydrogens is 274 g/mol. The van der Waals surface area contributed by atoms with Gasteiger partial charge in [-0.2, -0.15) is 0 Å². The molecule has 0 radical (unpaired) electrons. The lowest BCUT2D eigenvalue weighted by Crippen LogP contribution is -2.36. The van der Waals surface area contributed by atoms with Crippen molar-refractivity contribution in [1.82, 2.24) is 0 Å². The van der Waals surface area contributed by atoms with Crippen LogP contribution in [0.1, 0.15) is 65.2 Å². The van der Waals surface area contributed by atoms with E-state index in [0.29, 0.717) is 5.92 Å². The summed E-state index contributed by atoms with van der Waals surface area (Å²) in [5.74, 6) is 1.37. The molecule has 0 aromatic rings. The predicted molar refractivity (Wildman–Crippen MR) is 83.9 cm³/mol. The number of halogens is 1. The monoisotopic (exact) mass is 303 g/mol. The van der Waals surface area contributed by atoms with Gasteiger partial charge in [0.1, 0.15) is 6.10 Å². The molecule has 1 saturated carbocycles. The third kappa shape index (κ3) is 4.92. The van der Waals surface area contributed by atoms with Crippen LogP contribution in [0.3, 0.4) is 0 Å². The van der Waals surface area contributed by atoms with Crippen molar-refractivity contribution in [1.29, 1.82) is 0 Å². The summed E-state index contributed by atoms with van der Waals surface area (Å²) in [6.07, 6.45) is 9.46. The van der Waals surface area contributed by atoms with Gasteiger partial charge in [0.2, 0.25) is 0 Å². The molecule has 1 aliphatic heterocycles. The highest BCUT2D eigenvalue weighted by molar-refractivity contribution is 5.85. The van der Waals surface area contributed by atoms with Crippen LogP contribution in [-0.4, -0.2) is 18.1 Å². The summed E-state index contributed by atoms with van der Waals surface area (Å²) in [6.45, 7) is 4.31. The number of cyclic esters (lactones) is 1. The zero-order valence-corrected chi connectivity index (χ0v) is 13.7. The van der Waals surface area contributed by atoms with Crippen LogP contribution in [0.2, 0.25) is 0 Å². The summed E-state index contributed by atoms with van der Waals surface area (Å²) in [4.78, 5) is 11.8. The first-order chi connectivity index (χ1) is 9.06. The van der Waals surface area contributed by atoms with Crippen LogP contribution >= 0.6 is 12.4 Å². The summed E-state index contributed by atoms with van der Waals surface area (Å²) in [5.41, 5.74) is 6.29. The van der Waals surface area contributed by atoms with Gasteiger partial charge < -0.3 is 10.5 Å². The van der Waals surface area contributed by atoms with Gasteiger partial charge in [0, 0.05) is 6.04 Å². The van der Waals surface area contributed by atoms with Crippen LogP contribution in [0.4, 0.5) is 0 Å². The fourth-order valence-corrected chi connectivity index (χ4v) is 3.65. The maximum atomic E-state index is 11.8. The highest BCUT2D eigenvalue weighted by Crippen LogP contribution is 2.32. The number of hydrogen-bond donors (Lipinski definition) is 1. The second-order valence-electron chi connectivity index (χ2n) is 6.94. The van der Waals surface area contributed by atoms with Gasteiger partial charge in [-0.1, -0.05) is 46.0 Å². The Labute approximate surface area is 129 Å². The Kier molecular flexibility index (Phi) is 7.32. The number of carbonyl (C=O) groups is 1. The first kappa shape index (κ1) is 17.8. The van der Waals surface area contributed by atoms with Gasteiger partial charge in [0.25, 0.3) is 0 Å². The molecule has 2 rings (SSSR count). The van der Waals surface area contributed by atoms with Gasteiger partial charge >= 0.3 is 5.97 Å². The first-order valence-electron chi connectivity index (χ1n) is 8.02. The maximum absolute atomic E-state index is 11.8. The SMILES string of the molecule is CC(C)CC1CC(C(N)CC2CCCCC2)OC1=O.Cl. The van der Waals surface area contributed by atoms with E-state index in [1.165, 1.54) is 32.1 Å². The standard InChI is InChI=1S/C16H29NO2.ClH/c1-11(2)8-13-10-15(19-16(13)18)14(17)9-12-6-4-3-5-7-12;/h11-15H,3-10,17H2,1-2H3;1H. The van der Waals surface area contributed by atoms with E-state index in [-0.39, 0.29) is 36.4 Å². The Bertz CT molecular complexity index is 303. The minimum atomic E-state index is -0.0295. The maximum Gasteiger partial charge on any atom is 0.309 e. The van der Waals surface area contributed by atoms with Crippen LogP contribution in [0.5, 0.6) is 0 Å². The van der Waals surface area contributed by atoms with Crippen molar-refractivity contribution in [2.24, 2.45) is 23.5 Å². The zero-order valence-electron chi connectivity index (χ0n) is 12.8. The fourth-order valence-electron chi connectivity index (χ4n) is 3.65. The molecule has 118 valence electrons. The van der Waals surface area contributed by atoms with Crippen molar-refractivity contribution in [2.45, 2.75) is 77.4 Å². The summed E-state index contributed by atoms with van der Waals surface area (Å²) in [5, 5.41) is 0. The summed E-state index contributed by atoms with van der Waals surface area (Å²) < 4.78 is 5.51. The molecule has 3 nitrogen and oxygen atoms in total. The Hall–Kier alpha value is -0.280. The second kappa shape index (κ2) is 8.23. The average Bonchev–Trinajstić information content (AvgIpc) is 2.71. The Balaban J connectivity index is 0.00000200. The number of hydrogen-bond acceptors (Lipinski definition) is 3. The van der Waals surface area contributed by atoms with E-state index < -0.39 is 0 Å². The smallest absolute Gasteiger partial charge is 0.309 e. The molecule has 3 atom stereocenters. The normalized spacial score (nSPS) is 29.1. The molecule has 2 N–H and O–H groups in total. The highest BCUT2D eigenvalue weighted by atomic mass is 35.5. The van der Waals surface area contributed by atoms with Crippen LogP contribution < -0.4 is 5.73 Å². The molecule has 0 amide bonds. The Morgan fingerprint density at radius 1 is 1.20 bits per heavy atom. The lowest BCUT2D eigenvalue weighted by Gasteiger charge is -2.26. The van der Waals surface area contributed by atoms with Crippen LogP contribution in [0, 0.1) is 17.8 Å². The zero-order chi connectivity index (χ0) is 13.8. The topological polar surface area (TPSA) is 52.3 Å². The third-order valence-electron chi connectivity index (χ3n) is 4.68. The second-order valence-corrected chi connectivity index (χ2v) is 6.94. The number of rotatable bonds is 5. The molecule has 0 aromatic carbocycles. The van der Waals surface area contributed by atoms with Crippen molar-refractivity contribution in [2.75, 3.05) is 0 Å². The Morgan fingerprint density at radius 2 is 1.85 bits per heavy atom. The summed E-state index contributed by atoms with van der Waals surface area (Å²) in [7, 11) is 0. The van der Waals surface area contributed by atoms with E-state index in [9.17, 15) is 4.79 Å². The van der Waals surface area contributed by atoms with E-state index >= 15 is 0 Å². The predicted octanol–water partition coefficient (Wildman–Crippen LogP) is 3.68. The van der Waals surface area contributed by atoms with Crippen LogP contribution in [0.15, 0.2) is 0 Å². The average molecular weight is 304 g/mol. The summed E-state index contributed by atoms with van der Waals surface area (Å²) in [6, 6.07) is 0.0456. The molecule has 1 aliphatic carbocycles. The number of nitrogens with two attached hydrogens (primary N) is 1. The molecule has 0 bridgehead atoms. The van der Waals surface area contributed by atoms with E-state index in [4.69, 9.17) is 10.5 Å². The molecule has 1 saturated heterocycles. The Morgan fingerprint density at radius 3 is 2.45 bits per heavy atom. The van der Waals surface area contributed by atoms with Gasteiger partial charge in [-0.05, 0) is 31.1 Å². The molecule has 0 aromatic heterocycles. The van der Waals surface area contributed by atoms with Gasteiger partial charge in [-0.15, -0.1) is 12.4 Å². The van der Waals surface area contributed by atoms with Crippen LogP contribution in [-0.2, 0) is 9.53 Å². The molecule has 3 unspecified atom stereocenters. The van der Waals surface area contributed by atoms with E-state index in [1.54, 1.807) is 0 Å². The van der Waals surface area contributed by atoms with Gasteiger partial charge in [0.15, 0.2) is 0 Å². The molecule has 2 aliphatic rings. The van der Waals surface area contributed by atoms with Crippen molar-refractivity contribution in [3.05, 3.63) is 0 Å². The number of ether oxygens (including phenoxy) is 1. The molecule has 20 heavy (non-hydrogen) atoms. The van der Waals surface area contributed by atoms with Gasteiger partial charge in [-0.3, -0.25) is 4.79 Å². The minimum absolute atomic E-state index is 0. The van der Waals surface area contributed by atoms with E-state index in [1.807, 2.05) is 0 Å². The molecular formula is C16H30ClNO2. The number of esters is 1. The van der Waals surface area contributed by atoms with Crippen molar-refractivity contribution in [3.63, 3.8) is 0 Å². The highest BCUT2D eigenvalue weighted by Gasteiger charge is 2.38. The molecule has 4 heteroatoms. The van der Waals surface area contributed by atoms with Gasteiger partial charge in [0.05, 0.1) is 5.92 Å². The fraction of sp³-hybridized carbons (Fsp3) is 0.938. The van der Waals surface area contributed by atoms with Crippen LogP contribution in [0.25, 0.3) is 0 Å². The minimum Gasteiger partial charge on any atom is -0.460 e. The molecule has 1 heterocycles.